The van der Waals surface area contributed by atoms with Gasteiger partial charge in [-0.3, -0.25) is 9.59 Å². The van der Waals surface area contributed by atoms with E-state index in [0.29, 0.717) is 22.7 Å². The second-order valence-electron chi connectivity index (χ2n) is 11.6. The Hall–Kier alpha value is -3.68. The van der Waals surface area contributed by atoms with Gasteiger partial charge in [0.25, 0.3) is 5.91 Å². The fraction of sp³-hybridized carbons (Fsp3) is 0.467. The molecule has 0 radical (unpaired) electrons. The topological polar surface area (TPSA) is 106 Å². The van der Waals surface area contributed by atoms with Crippen LogP contribution < -0.4 is 11.1 Å². The molecular weight excluding hydrogens is 476 g/mol. The fourth-order valence-corrected chi connectivity index (χ4v) is 6.60. The number of amides is 2. The summed E-state index contributed by atoms with van der Waals surface area (Å²) in [5, 5.41) is 3.78. The van der Waals surface area contributed by atoms with Gasteiger partial charge >= 0.3 is 0 Å². The smallest absolute Gasteiger partial charge is 0.250 e. The van der Waals surface area contributed by atoms with Crippen molar-refractivity contribution in [2.45, 2.75) is 57.8 Å². The second-order valence-corrected chi connectivity index (χ2v) is 11.6. The van der Waals surface area contributed by atoms with E-state index < -0.39 is 0 Å². The monoisotopic (exact) mass is 512 g/mol. The molecule has 3 heterocycles. The summed E-state index contributed by atoms with van der Waals surface area (Å²) in [6.07, 6.45) is 8.92. The van der Waals surface area contributed by atoms with Crippen LogP contribution in [0.3, 0.4) is 0 Å². The Balaban J connectivity index is 1.28. The summed E-state index contributed by atoms with van der Waals surface area (Å²) in [6, 6.07) is 7.85. The van der Waals surface area contributed by atoms with Crippen LogP contribution in [0.15, 0.2) is 42.7 Å². The molecule has 0 unspecified atom stereocenters. The lowest BCUT2D eigenvalue weighted by atomic mass is 9.77. The molecule has 0 atom stereocenters. The van der Waals surface area contributed by atoms with E-state index in [0.717, 1.165) is 66.8 Å². The summed E-state index contributed by atoms with van der Waals surface area (Å²) in [4.78, 5) is 36.4. The first-order chi connectivity index (χ1) is 18.3. The Morgan fingerprint density at radius 1 is 1.08 bits per heavy atom. The fourth-order valence-electron chi connectivity index (χ4n) is 6.60. The molecule has 198 valence electrons. The molecule has 2 amide bonds. The Morgan fingerprint density at radius 2 is 1.79 bits per heavy atom. The standard InChI is InChI=1S/C30H36N6O2/c1-18(2)28(37)34-22-10-8-20(9-11-22)25-23(24-26(31)32-17-33-27(24)35(25)3)19-4-6-21(7-5-19)29(38)36-15-14-30(16-36)12-13-30/h8-11,17,19,21H,1,4-7,12-16H2,2-3H3,(H,34,37)(H2,31,32,33). The van der Waals surface area contributed by atoms with E-state index in [4.69, 9.17) is 5.73 Å². The molecule has 3 aliphatic rings. The number of nitrogens with zero attached hydrogens (tertiary/aromatic N) is 4. The van der Waals surface area contributed by atoms with E-state index in [1.807, 2.05) is 31.3 Å². The van der Waals surface area contributed by atoms with E-state index >= 15 is 0 Å². The highest BCUT2D eigenvalue weighted by atomic mass is 16.2. The number of nitrogens with one attached hydrogen (secondary N) is 1. The average molecular weight is 513 g/mol. The van der Waals surface area contributed by atoms with Crippen LogP contribution in [0.2, 0.25) is 0 Å². The summed E-state index contributed by atoms with van der Waals surface area (Å²) in [5.74, 6) is 1.03. The number of carbonyl (C=O) groups is 2. The molecule has 8 heteroatoms. The lowest BCUT2D eigenvalue weighted by Crippen LogP contribution is -2.36. The van der Waals surface area contributed by atoms with E-state index in [2.05, 4.69) is 31.3 Å². The highest BCUT2D eigenvalue weighted by Gasteiger charge is 2.49. The van der Waals surface area contributed by atoms with Crippen LogP contribution >= 0.6 is 0 Å². The molecule has 2 aliphatic carbocycles. The molecule has 3 N–H and O–H groups in total. The van der Waals surface area contributed by atoms with Crippen LogP contribution in [0, 0.1) is 11.3 Å². The van der Waals surface area contributed by atoms with Crippen molar-refractivity contribution in [3.05, 3.63) is 48.3 Å². The molecule has 2 aromatic heterocycles. The molecule has 38 heavy (non-hydrogen) atoms. The lowest BCUT2D eigenvalue weighted by molar-refractivity contribution is -0.135. The van der Waals surface area contributed by atoms with Crippen molar-refractivity contribution in [3.8, 4) is 11.3 Å². The molecule has 1 saturated heterocycles. The minimum atomic E-state index is -0.196. The van der Waals surface area contributed by atoms with Gasteiger partial charge in [-0.05, 0) is 86.5 Å². The molecule has 2 saturated carbocycles. The van der Waals surface area contributed by atoms with Crippen molar-refractivity contribution >= 4 is 34.4 Å². The number of hydrogen-bond donors (Lipinski definition) is 2. The summed E-state index contributed by atoms with van der Waals surface area (Å²) in [7, 11) is 2.01. The van der Waals surface area contributed by atoms with Gasteiger partial charge in [0.15, 0.2) is 0 Å². The number of anilines is 2. The van der Waals surface area contributed by atoms with Gasteiger partial charge in [-0.2, -0.15) is 0 Å². The van der Waals surface area contributed by atoms with Crippen molar-refractivity contribution in [2.24, 2.45) is 18.4 Å². The Labute approximate surface area is 223 Å². The van der Waals surface area contributed by atoms with Crippen molar-refractivity contribution in [1.29, 1.82) is 0 Å². The van der Waals surface area contributed by atoms with Crippen molar-refractivity contribution in [2.75, 3.05) is 24.1 Å². The Morgan fingerprint density at radius 3 is 2.42 bits per heavy atom. The van der Waals surface area contributed by atoms with E-state index in [-0.39, 0.29) is 17.7 Å². The van der Waals surface area contributed by atoms with Crippen LogP contribution in [-0.2, 0) is 16.6 Å². The van der Waals surface area contributed by atoms with Crippen LogP contribution in [0.5, 0.6) is 0 Å². The third-order valence-electron chi connectivity index (χ3n) is 9.03. The number of benzene rings is 1. The number of carbonyl (C=O) groups excluding carboxylic acids is 2. The lowest BCUT2D eigenvalue weighted by Gasteiger charge is -2.31. The largest absolute Gasteiger partial charge is 0.383 e. The number of hydrogen-bond acceptors (Lipinski definition) is 5. The van der Waals surface area contributed by atoms with Gasteiger partial charge < -0.3 is 20.5 Å². The number of rotatable bonds is 5. The zero-order valence-corrected chi connectivity index (χ0v) is 22.3. The van der Waals surface area contributed by atoms with Crippen LogP contribution in [0.1, 0.15) is 63.4 Å². The van der Waals surface area contributed by atoms with Gasteiger partial charge in [0.1, 0.15) is 17.8 Å². The normalized spacial score (nSPS) is 22.1. The molecule has 3 fully saturated rings. The molecule has 8 nitrogen and oxygen atoms in total. The quantitative estimate of drug-likeness (QED) is 0.467. The summed E-state index contributed by atoms with van der Waals surface area (Å²) in [6.45, 7) is 7.30. The molecule has 1 spiro atoms. The average Bonchev–Trinajstić information content (AvgIpc) is 3.43. The van der Waals surface area contributed by atoms with Crippen molar-refractivity contribution in [1.82, 2.24) is 19.4 Å². The molecule has 3 aromatic rings. The zero-order valence-electron chi connectivity index (χ0n) is 22.3. The third-order valence-corrected chi connectivity index (χ3v) is 9.03. The molecule has 6 rings (SSSR count). The molecule has 0 bridgehead atoms. The number of aromatic nitrogens is 3. The summed E-state index contributed by atoms with van der Waals surface area (Å²) in [5.41, 5.74) is 12.2. The first kappa shape index (κ1) is 24.6. The maximum absolute atomic E-state index is 13.3. The van der Waals surface area contributed by atoms with Crippen molar-refractivity contribution < 1.29 is 9.59 Å². The van der Waals surface area contributed by atoms with Gasteiger partial charge in [0.2, 0.25) is 5.91 Å². The van der Waals surface area contributed by atoms with Gasteiger partial charge in [0, 0.05) is 37.3 Å². The number of fused-ring (bicyclic) bond motifs is 1. The van der Waals surface area contributed by atoms with Crippen LogP contribution in [0.4, 0.5) is 11.5 Å². The second kappa shape index (κ2) is 9.26. The molecular formula is C30H36N6O2. The zero-order chi connectivity index (χ0) is 26.6. The minimum Gasteiger partial charge on any atom is -0.383 e. The minimum absolute atomic E-state index is 0.114. The SMILES string of the molecule is C=C(C)C(=O)Nc1ccc(-c2c(C3CCC(C(=O)N4CCC5(CC5)C4)CC3)c3c(N)ncnc3n2C)cc1. The highest BCUT2D eigenvalue weighted by Crippen LogP contribution is 2.53. The molecule has 1 aromatic carbocycles. The predicted octanol–water partition coefficient (Wildman–Crippen LogP) is 5.02. The first-order valence-corrected chi connectivity index (χ1v) is 13.7. The number of nitrogens with two attached hydrogens (primary N) is 1. The molecule has 1 aliphatic heterocycles. The Kier molecular flexibility index (Phi) is 6.00. The highest BCUT2D eigenvalue weighted by molar-refractivity contribution is 6.03. The Bertz CT molecular complexity index is 1430. The maximum Gasteiger partial charge on any atom is 0.250 e. The predicted molar refractivity (Wildman–Crippen MR) is 149 cm³/mol. The van der Waals surface area contributed by atoms with E-state index in [1.54, 1.807) is 6.92 Å². The summed E-state index contributed by atoms with van der Waals surface area (Å²) >= 11 is 0. The third kappa shape index (κ3) is 4.25. The van der Waals surface area contributed by atoms with Gasteiger partial charge in [-0.1, -0.05) is 18.7 Å². The number of aryl methyl sites for hydroxylation is 1. The number of likely N-dealkylation sites (tertiary alicyclic amines) is 1. The van der Waals surface area contributed by atoms with Gasteiger partial charge in [-0.25, -0.2) is 9.97 Å². The summed E-state index contributed by atoms with van der Waals surface area (Å²) < 4.78 is 2.10. The van der Waals surface area contributed by atoms with E-state index in [9.17, 15) is 9.59 Å². The number of nitrogen functional groups attached to an aromatic ring is 1. The van der Waals surface area contributed by atoms with Crippen molar-refractivity contribution in [3.63, 3.8) is 0 Å². The van der Waals surface area contributed by atoms with Gasteiger partial charge in [-0.15, -0.1) is 0 Å². The van der Waals surface area contributed by atoms with Crippen LogP contribution in [0.25, 0.3) is 22.3 Å². The maximum atomic E-state index is 13.3. The first-order valence-electron chi connectivity index (χ1n) is 13.7. The van der Waals surface area contributed by atoms with Crippen LogP contribution in [-0.4, -0.2) is 44.3 Å². The van der Waals surface area contributed by atoms with Gasteiger partial charge in [0.05, 0.1) is 11.1 Å². The van der Waals surface area contributed by atoms with E-state index in [1.165, 1.54) is 31.2 Å².